The molecule has 2 aromatic rings. The van der Waals surface area contributed by atoms with Crippen molar-refractivity contribution < 1.29 is 27.6 Å². The minimum absolute atomic E-state index is 0.0405. The molecule has 9 heteroatoms. The Hall–Kier alpha value is -2.42. The van der Waals surface area contributed by atoms with Gasteiger partial charge in [0.25, 0.3) is 0 Å². The number of likely N-dealkylation sites (tertiary alicyclic amines) is 1. The fraction of sp³-hybridized carbons (Fsp3) is 0.357. The van der Waals surface area contributed by atoms with E-state index in [0.717, 1.165) is 12.1 Å². The van der Waals surface area contributed by atoms with Gasteiger partial charge in [-0.3, -0.25) is 9.69 Å². The van der Waals surface area contributed by atoms with Crippen LogP contribution in [-0.4, -0.2) is 39.2 Å². The van der Waals surface area contributed by atoms with Crippen molar-refractivity contribution in [2.75, 3.05) is 13.1 Å². The van der Waals surface area contributed by atoms with Crippen LogP contribution in [0.5, 0.6) is 0 Å². The van der Waals surface area contributed by atoms with Crippen molar-refractivity contribution in [1.29, 1.82) is 0 Å². The molecule has 23 heavy (non-hydrogen) atoms. The molecule has 0 radical (unpaired) electrons. The van der Waals surface area contributed by atoms with Crippen LogP contribution < -0.4 is 0 Å². The van der Waals surface area contributed by atoms with Gasteiger partial charge in [-0.2, -0.15) is 4.98 Å². The van der Waals surface area contributed by atoms with Gasteiger partial charge in [0.05, 0.1) is 12.5 Å². The number of nitrogens with zero attached hydrogens (tertiary/aromatic N) is 3. The molecule has 1 aliphatic heterocycles. The van der Waals surface area contributed by atoms with E-state index in [1.807, 2.05) is 4.90 Å². The van der Waals surface area contributed by atoms with E-state index in [2.05, 4.69) is 10.1 Å². The van der Waals surface area contributed by atoms with E-state index in [0.29, 0.717) is 19.5 Å². The highest BCUT2D eigenvalue weighted by Gasteiger charge is 2.29. The van der Waals surface area contributed by atoms with Gasteiger partial charge in [-0.15, -0.1) is 0 Å². The summed E-state index contributed by atoms with van der Waals surface area (Å²) in [7, 11) is 0. The molecule has 0 spiro atoms. The van der Waals surface area contributed by atoms with E-state index < -0.39 is 29.3 Å². The van der Waals surface area contributed by atoms with Crippen LogP contribution in [0.4, 0.5) is 13.2 Å². The smallest absolute Gasteiger partial charge is 0.307 e. The number of carboxylic acid groups (broad SMARTS) is 1. The van der Waals surface area contributed by atoms with Gasteiger partial charge < -0.3 is 9.63 Å². The first-order valence-electron chi connectivity index (χ1n) is 6.86. The molecule has 1 aromatic carbocycles. The van der Waals surface area contributed by atoms with E-state index in [-0.39, 0.29) is 23.8 Å². The topological polar surface area (TPSA) is 79.5 Å². The first kappa shape index (κ1) is 15.5. The second-order valence-electron chi connectivity index (χ2n) is 5.32. The van der Waals surface area contributed by atoms with Gasteiger partial charge in [-0.25, -0.2) is 13.2 Å². The lowest BCUT2D eigenvalue weighted by Crippen LogP contribution is -2.22. The number of aromatic nitrogens is 2. The number of hydrogen-bond acceptors (Lipinski definition) is 5. The molecule has 6 nitrogen and oxygen atoms in total. The fourth-order valence-electron chi connectivity index (χ4n) is 2.49. The number of carboxylic acids is 1. The molecular formula is C14H12F3N3O3. The SMILES string of the molecule is O=C(O)C1CCN(Cc2nc(-c3cc(F)c(F)c(F)c3)no2)C1. The Morgan fingerprint density at radius 2 is 2.04 bits per heavy atom. The maximum atomic E-state index is 13.2. The first-order chi connectivity index (χ1) is 10.9. The molecule has 0 aliphatic carbocycles. The summed E-state index contributed by atoms with van der Waals surface area (Å²) in [5.74, 6) is -5.39. The molecule has 1 N–H and O–H groups in total. The summed E-state index contributed by atoms with van der Waals surface area (Å²) in [4.78, 5) is 16.7. The predicted molar refractivity (Wildman–Crippen MR) is 70.6 cm³/mol. The van der Waals surface area contributed by atoms with Gasteiger partial charge in [-0.1, -0.05) is 5.16 Å². The lowest BCUT2D eigenvalue weighted by Gasteiger charge is -2.11. The van der Waals surface area contributed by atoms with Crippen LogP contribution in [0.2, 0.25) is 0 Å². The van der Waals surface area contributed by atoms with Crippen molar-refractivity contribution in [3.05, 3.63) is 35.5 Å². The summed E-state index contributed by atoms with van der Waals surface area (Å²) in [6.45, 7) is 1.18. The summed E-state index contributed by atoms with van der Waals surface area (Å²) in [5.41, 5.74) is -0.0405. The van der Waals surface area contributed by atoms with Crippen molar-refractivity contribution in [3.63, 3.8) is 0 Å². The summed E-state index contributed by atoms with van der Waals surface area (Å²) in [5, 5.41) is 12.6. The highest BCUT2D eigenvalue weighted by molar-refractivity contribution is 5.70. The van der Waals surface area contributed by atoms with Crippen LogP contribution in [0.1, 0.15) is 12.3 Å². The van der Waals surface area contributed by atoms with E-state index >= 15 is 0 Å². The number of benzene rings is 1. The molecule has 1 aliphatic rings. The normalized spacial score (nSPS) is 18.5. The Kier molecular flexibility index (Phi) is 4.03. The number of aliphatic carboxylic acids is 1. The maximum Gasteiger partial charge on any atom is 0.307 e. The Balaban J connectivity index is 1.73. The number of hydrogen-bond donors (Lipinski definition) is 1. The Morgan fingerprint density at radius 1 is 1.35 bits per heavy atom. The van der Waals surface area contributed by atoms with Crippen LogP contribution in [0.25, 0.3) is 11.4 Å². The third kappa shape index (κ3) is 3.19. The molecule has 3 rings (SSSR count). The quantitative estimate of drug-likeness (QED) is 0.866. The van der Waals surface area contributed by atoms with Crippen LogP contribution in [0.15, 0.2) is 16.7 Å². The molecular weight excluding hydrogens is 315 g/mol. The van der Waals surface area contributed by atoms with Crippen LogP contribution in [-0.2, 0) is 11.3 Å². The Bertz CT molecular complexity index is 727. The summed E-state index contributed by atoms with van der Waals surface area (Å²) >= 11 is 0. The average molecular weight is 327 g/mol. The van der Waals surface area contributed by atoms with E-state index in [1.54, 1.807) is 0 Å². The Morgan fingerprint density at radius 3 is 2.65 bits per heavy atom. The second-order valence-corrected chi connectivity index (χ2v) is 5.32. The molecule has 1 fully saturated rings. The van der Waals surface area contributed by atoms with Gasteiger partial charge in [0.2, 0.25) is 11.7 Å². The largest absolute Gasteiger partial charge is 0.481 e. The summed E-state index contributed by atoms with van der Waals surface area (Å²) in [6, 6.07) is 1.56. The molecule has 2 heterocycles. The molecule has 0 amide bonds. The number of rotatable bonds is 4. The van der Waals surface area contributed by atoms with Crippen LogP contribution in [0, 0.1) is 23.4 Å². The van der Waals surface area contributed by atoms with E-state index in [1.165, 1.54) is 0 Å². The van der Waals surface area contributed by atoms with Gasteiger partial charge in [0, 0.05) is 12.1 Å². The van der Waals surface area contributed by atoms with Crippen LogP contribution in [0.3, 0.4) is 0 Å². The van der Waals surface area contributed by atoms with E-state index in [4.69, 9.17) is 9.63 Å². The van der Waals surface area contributed by atoms with Gasteiger partial charge in [-0.05, 0) is 25.1 Å². The Labute approximate surface area is 128 Å². The molecule has 1 saturated heterocycles. The summed E-state index contributed by atoms with van der Waals surface area (Å²) in [6.07, 6.45) is 0.532. The first-order valence-corrected chi connectivity index (χ1v) is 6.86. The lowest BCUT2D eigenvalue weighted by atomic mass is 10.1. The van der Waals surface area contributed by atoms with Crippen molar-refractivity contribution in [2.24, 2.45) is 5.92 Å². The second kappa shape index (κ2) is 5.99. The van der Waals surface area contributed by atoms with Crippen molar-refractivity contribution in [3.8, 4) is 11.4 Å². The maximum absolute atomic E-state index is 13.2. The lowest BCUT2D eigenvalue weighted by molar-refractivity contribution is -0.141. The fourth-order valence-corrected chi connectivity index (χ4v) is 2.49. The van der Waals surface area contributed by atoms with Gasteiger partial charge in [0.1, 0.15) is 0 Å². The zero-order valence-electron chi connectivity index (χ0n) is 11.8. The molecule has 122 valence electrons. The van der Waals surface area contributed by atoms with Gasteiger partial charge in [0.15, 0.2) is 17.5 Å². The zero-order chi connectivity index (χ0) is 16.6. The highest BCUT2D eigenvalue weighted by atomic mass is 19.2. The molecule has 0 bridgehead atoms. The predicted octanol–water partition coefficient (Wildman–Crippen LogP) is 2.06. The third-order valence-corrected chi connectivity index (χ3v) is 3.69. The minimum Gasteiger partial charge on any atom is -0.481 e. The molecule has 1 aromatic heterocycles. The summed E-state index contributed by atoms with van der Waals surface area (Å²) < 4.78 is 44.4. The third-order valence-electron chi connectivity index (χ3n) is 3.69. The molecule has 0 saturated carbocycles. The monoisotopic (exact) mass is 327 g/mol. The molecule has 1 unspecified atom stereocenters. The average Bonchev–Trinajstić information content (AvgIpc) is 3.14. The van der Waals surface area contributed by atoms with E-state index in [9.17, 15) is 18.0 Å². The molecule has 1 atom stereocenters. The number of carbonyl (C=O) groups is 1. The van der Waals surface area contributed by atoms with Crippen molar-refractivity contribution in [2.45, 2.75) is 13.0 Å². The number of halogens is 3. The zero-order valence-corrected chi connectivity index (χ0v) is 11.8. The standard InChI is InChI=1S/C14H12F3N3O3/c15-9-3-8(4-10(16)12(9)17)13-18-11(23-19-13)6-20-2-1-7(5-20)14(21)22/h3-4,7H,1-2,5-6H2,(H,21,22). The highest BCUT2D eigenvalue weighted by Crippen LogP contribution is 2.23. The van der Waals surface area contributed by atoms with Gasteiger partial charge >= 0.3 is 5.97 Å². The minimum atomic E-state index is -1.56. The van der Waals surface area contributed by atoms with Crippen LogP contribution >= 0.6 is 0 Å². The van der Waals surface area contributed by atoms with Crippen molar-refractivity contribution in [1.82, 2.24) is 15.0 Å². The van der Waals surface area contributed by atoms with Crippen molar-refractivity contribution >= 4 is 5.97 Å².